The van der Waals surface area contributed by atoms with Crippen molar-refractivity contribution in [3.05, 3.63) is 53.6 Å². The Balaban J connectivity index is 1.43. The van der Waals surface area contributed by atoms with E-state index in [1.165, 1.54) is 0 Å². The maximum Gasteiger partial charge on any atom is 0.453 e. The van der Waals surface area contributed by atoms with E-state index in [4.69, 9.17) is 4.74 Å². The maximum absolute atomic E-state index is 13.1. The van der Waals surface area contributed by atoms with Gasteiger partial charge in [0.25, 0.3) is 0 Å². The highest BCUT2D eigenvalue weighted by Gasteiger charge is 2.56. The summed E-state index contributed by atoms with van der Waals surface area (Å²) in [6.07, 6.45) is 0.288. The minimum absolute atomic E-state index is 0.124. The van der Waals surface area contributed by atoms with Crippen LogP contribution in [-0.4, -0.2) is 40.0 Å². The number of ether oxygens (including phenoxy) is 1. The Bertz CT molecular complexity index is 1220. The number of carboxylic acids is 1. The summed E-state index contributed by atoms with van der Waals surface area (Å²) in [5, 5.41) is 29.5. The van der Waals surface area contributed by atoms with E-state index in [0.29, 0.717) is 25.2 Å². The molecular weight excluding hydrogens is 583 g/mol. The van der Waals surface area contributed by atoms with Gasteiger partial charge in [-0.1, -0.05) is 76.5 Å². The predicted octanol–water partition coefficient (Wildman–Crippen LogP) is 9.89. The topological polar surface area (TPSA) is 87.0 Å². The van der Waals surface area contributed by atoms with E-state index in [1.807, 2.05) is 18.2 Å². The van der Waals surface area contributed by atoms with E-state index < -0.39 is 29.9 Å². The van der Waals surface area contributed by atoms with Crippen LogP contribution in [-0.2, 0) is 10.2 Å². The van der Waals surface area contributed by atoms with Crippen molar-refractivity contribution in [1.29, 1.82) is 0 Å². The van der Waals surface area contributed by atoms with Gasteiger partial charge in [0.05, 0.1) is 12.0 Å². The van der Waals surface area contributed by atoms with Crippen molar-refractivity contribution in [2.75, 3.05) is 6.61 Å². The Kier molecular flexibility index (Phi) is 11.9. The second kappa shape index (κ2) is 14.8. The number of phenolic OH excluding ortho intramolecular Hbond substituents is 2. The van der Waals surface area contributed by atoms with Gasteiger partial charge in [0.2, 0.25) is 0 Å². The van der Waals surface area contributed by atoms with E-state index >= 15 is 0 Å². The molecule has 0 radical (unpaired) electrons. The summed E-state index contributed by atoms with van der Waals surface area (Å²) < 4.78 is 69.2. The number of alkyl halides is 5. The first kappa shape index (κ1) is 35.4. The van der Waals surface area contributed by atoms with Crippen LogP contribution < -0.4 is 4.74 Å². The van der Waals surface area contributed by atoms with Gasteiger partial charge in [-0.3, -0.25) is 4.79 Å². The van der Waals surface area contributed by atoms with Crippen molar-refractivity contribution in [2.45, 2.75) is 121 Å². The van der Waals surface area contributed by atoms with Gasteiger partial charge in [-0.2, -0.15) is 22.0 Å². The molecule has 0 aromatic heterocycles. The molecule has 0 saturated carbocycles. The Labute approximate surface area is 256 Å². The number of aliphatic carboxylic acids is 1. The van der Waals surface area contributed by atoms with E-state index in [1.54, 1.807) is 31.2 Å². The zero-order chi connectivity index (χ0) is 32.6. The highest BCUT2D eigenvalue weighted by Crippen LogP contribution is 2.50. The minimum atomic E-state index is -5.56. The number of aromatic hydroxyl groups is 2. The molecule has 0 aliphatic carbocycles. The van der Waals surface area contributed by atoms with Gasteiger partial charge < -0.3 is 20.1 Å². The van der Waals surface area contributed by atoms with Gasteiger partial charge in [0, 0.05) is 23.8 Å². The molecule has 0 fully saturated rings. The molecule has 0 spiro atoms. The van der Waals surface area contributed by atoms with Crippen molar-refractivity contribution < 1.29 is 46.8 Å². The fraction of sp³-hybridized carbons (Fsp3) is 0.618. The Morgan fingerprint density at radius 3 is 1.93 bits per heavy atom. The van der Waals surface area contributed by atoms with Crippen LogP contribution in [0.25, 0.3) is 0 Å². The third-order valence-electron chi connectivity index (χ3n) is 9.32. The second-order valence-corrected chi connectivity index (χ2v) is 12.8. The summed E-state index contributed by atoms with van der Waals surface area (Å²) in [5.41, 5.74) is 0.764. The largest absolute Gasteiger partial charge is 0.508 e. The van der Waals surface area contributed by atoms with E-state index in [-0.39, 0.29) is 48.5 Å². The summed E-state index contributed by atoms with van der Waals surface area (Å²) in [7, 11) is 0. The molecule has 2 aromatic carbocycles. The SMILES string of the molecule is CC(CCCCCCCC[C@@H]1c2ccc(O)cc2OC[C@]1(C)c1ccc(O)cc1)(CCCCCC(F)(F)C(F)(F)F)C(=O)O. The molecule has 1 unspecified atom stereocenters. The second-order valence-electron chi connectivity index (χ2n) is 12.8. The zero-order valence-electron chi connectivity index (χ0n) is 25.6. The fourth-order valence-corrected chi connectivity index (χ4v) is 6.30. The molecule has 1 aliphatic rings. The van der Waals surface area contributed by atoms with Crippen LogP contribution in [0, 0.1) is 5.41 Å². The molecule has 3 atom stereocenters. The number of carboxylic acid groups (broad SMARTS) is 1. The number of phenols is 2. The lowest BCUT2D eigenvalue weighted by atomic mass is 9.66. The predicted molar refractivity (Wildman–Crippen MR) is 159 cm³/mol. The van der Waals surface area contributed by atoms with Crippen molar-refractivity contribution in [2.24, 2.45) is 5.41 Å². The Morgan fingerprint density at radius 1 is 0.818 bits per heavy atom. The molecule has 1 heterocycles. The number of benzene rings is 2. The smallest absolute Gasteiger partial charge is 0.453 e. The summed E-state index contributed by atoms with van der Waals surface area (Å²) >= 11 is 0. The zero-order valence-corrected chi connectivity index (χ0v) is 25.6. The van der Waals surface area contributed by atoms with Gasteiger partial charge >= 0.3 is 18.1 Å². The molecule has 1 aliphatic heterocycles. The number of hydrogen-bond acceptors (Lipinski definition) is 4. The van der Waals surface area contributed by atoms with Gasteiger partial charge in [0.1, 0.15) is 17.2 Å². The van der Waals surface area contributed by atoms with Crippen molar-refractivity contribution in [3.63, 3.8) is 0 Å². The minimum Gasteiger partial charge on any atom is -0.508 e. The lowest BCUT2D eigenvalue weighted by Gasteiger charge is -2.43. The van der Waals surface area contributed by atoms with Crippen molar-refractivity contribution in [1.82, 2.24) is 0 Å². The van der Waals surface area contributed by atoms with Crippen molar-refractivity contribution in [3.8, 4) is 17.2 Å². The van der Waals surface area contributed by atoms with Crippen LogP contribution in [0.2, 0.25) is 0 Å². The molecule has 5 nitrogen and oxygen atoms in total. The molecule has 3 N–H and O–H groups in total. The van der Waals surface area contributed by atoms with Gasteiger partial charge in [-0.15, -0.1) is 0 Å². The first-order valence-corrected chi connectivity index (χ1v) is 15.5. The van der Waals surface area contributed by atoms with Gasteiger partial charge in [0.15, 0.2) is 0 Å². The molecular formula is C34H45F5O5. The van der Waals surface area contributed by atoms with Crippen molar-refractivity contribution >= 4 is 5.97 Å². The summed E-state index contributed by atoms with van der Waals surface area (Å²) in [5.74, 6) is -4.50. The third kappa shape index (κ3) is 9.00. The first-order valence-electron chi connectivity index (χ1n) is 15.5. The molecule has 3 rings (SSSR count). The van der Waals surface area contributed by atoms with Gasteiger partial charge in [-0.25, -0.2) is 0 Å². The molecule has 0 amide bonds. The fourth-order valence-electron chi connectivity index (χ4n) is 6.30. The lowest BCUT2D eigenvalue weighted by molar-refractivity contribution is -0.284. The maximum atomic E-state index is 13.1. The van der Waals surface area contributed by atoms with Gasteiger partial charge in [-0.05, 0) is 61.9 Å². The first-order chi connectivity index (χ1) is 20.6. The molecule has 246 valence electrons. The molecule has 10 heteroatoms. The number of unbranched alkanes of at least 4 members (excludes halogenated alkanes) is 7. The van der Waals surface area contributed by atoms with Crippen LogP contribution >= 0.6 is 0 Å². The van der Waals surface area contributed by atoms with E-state index in [0.717, 1.165) is 49.7 Å². The number of fused-ring (bicyclic) bond motifs is 1. The standard InChI is InChI=1S/C34H45F5O5/c1-31(30(42)43,20-10-7-11-21-33(35,36)34(37,38)39)19-9-6-4-3-5-8-12-28-27-18-17-26(41)22-29(27)44-23-32(28,2)24-13-15-25(40)16-14-24/h13-18,22,28,40-41H,3-12,19-21,23H2,1-2H3,(H,42,43)/t28-,31?,32-/m1/s1. The number of halogens is 5. The summed E-state index contributed by atoms with van der Waals surface area (Å²) in [6.45, 7) is 4.23. The molecule has 44 heavy (non-hydrogen) atoms. The molecule has 0 bridgehead atoms. The van der Waals surface area contributed by atoms with E-state index in [9.17, 15) is 42.1 Å². The van der Waals surface area contributed by atoms with Crippen LogP contribution in [0.5, 0.6) is 17.2 Å². The molecule has 2 aromatic rings. The monoisotopic (exact) mass is 628 g/mol. The highest BCUT2D eigenvalue weighted by molar-refractivity contribution is 5.74. The number of carbonyl (C=O) groups is 1. The normalized spacial score (nSPS) is 20.0. The lowest BCUT2D eigenvalue weighted by Crippen LogP contribution is -2.40. The Morgan fingerprint density at radius 2 is 1.34 bits per heavy atom. The van der Waals surface area contributed by atoms with E-state index in [2.05, 4.69) is 6.92 Å². The van der Waals surface area contributed by atoms with Crippen LogP contribution in [0.4, 0.5) is 22.0 Å². The Hall–Kier alpha value is -3.04. The summed E-state index contributed by atoms with van der Waals surface area (Å²) in [6, 6.07) is 12.5. The van der Waals surface area contributed by atoms with Crippen LogP contribution in [0.3, 0.4) is 0 Å². The highest BCUT2D eigenvalue weighted by atomic mass is 19.4. The number of hydrogen-bond donors (Lipinski definition) is 3. The quantitative estimate of drug-likeness (QED) is 0.120. The molecule has 0 saturated heterocycles. The summed E-state index contributed by atoms with van der Waals surface area (Å²) in [4.78, 5) is 11.9. The number of rotatable bonds is 17. The average Bonchev–Trinajstić information content (AvgIpc) is 2.94. The average molecular weight is 629 g/mol. The van der Waals surface area contributed by atoms with Crippen LogP contribution in [0.1, 0.15) is 114 Å². The van der Waals surface area contributed by atoms with Crippen LogP contribution in [0.15, 0.2) is 42.5 Å². The third-order valence-corrected chi connectivity index (χ3v) is 9.32.